The molecule has 90 valence electrons. The zero-order valence-corrected chi connectivity index (χ0v) is 10.3. The van der Waals surface area contributed by atoms with E-state index in [0.717, 1.165) is 11.1 Å². The zero-order valence-electron chi connectivity index (χ0n) is 9.48. The van der Waals surface area contributed by atoms with Crippen LogP contribution in [0.3, 0.4) is 0 Å². The van der Waals surface area contributed by atoms with Gasteiger partial charge in [-0.25, -0.2) is 0 Å². The van der Waals surface area contributed by atoms with Crippen molar-refractivity contribution in [3.63, 3.8) is 0 Å². The number of phenolic OH excluding ortho intramolecular Hbond substituents is 1. The monoisotopic (exact) mass is 245 g/mol. The van der Waals surface area contributed by atoms with Crippen molar-refractivity contribution in [3.8, 4) is 5.75 Å². The molecule has 0 radical (unpaired) electrons. The quantitative estimate of drug-likeness (QED) is 0.777. The fourth-order valence-electron chi connectivity index (χ4n) is 1.69. The predicted octanol–water partition coefficient (Wildman–Crippen LogP) is 1.60. The average Bonchev–Trinajstić information content (AvgIpc) is 2.14. The number of nitrogens with two attached hydrogens (primary N) is 1. The summed E-state index contributed by atoms with van der Waals surface area (Å²) in [4.78, 5) is 11.3. The summed E-state index contributed by atoms with van der Waals surface area (Å²) in [5.41, 5.74) is 8.02. The van der Waals surface area contributed by atoms with Crippen LogP contribution in [-0.4, -0.2) is 18.2 Å². The van der Waals surface area contributed by atoms with Crippen LogP contribution in [0.15, 0.2) is 12.1 Å². The van der Waals surface area contributed by atoms with E-state index in [9.17, 15) is 9.90 Å². The normalized spacial score (nSPS) is 11.5. The van der Waals surface area contributed by atoms with Gasteiger partial charge in [-0.3, -0.25) is 4.79 Å². The Bertz CT molecular complexity index is 370. The molecule has 0 unspecified atom stereocenters. The van der Waals surface area contributed by atoms with E-state index in [1.165, 1.54) is 7.11 Å². The lowest BCUT2D eigenvalue weighted by Gasteiger charge is -2.15. The first-order valence-electron chi connectivity index (χ1n) is 4.61. The number of hydrogen-bond acceptors (Lipinski definition) is 4. The molecule has 0 fully saturated rings. The van der Waals surface area contributed by atoms with Crippen molar-refractivity contribution in [1.82, 2.24) is 0 Å². The highest BCUT2D eigenvalue weighted by Crippen LogP contribution is 2.25. The summed E-state index contributed by atoms with van der Waals surface area (Å²) in [6, 6.07) is 2.35. The van der Waals surface area contributed by atoms with Gasteiger partial charge in [-0.1, -0.05) is 0 Å². The van der Waals surface area contributed by atoms with Gasteiger partial charge in [0.1, 0.15) is 11.8 Å². The van der Waals surface area contributed by atoms with Gasteiger partial charge in [0.2, 0.25) is 0 Å². The molecule has 4 nitrogen and oxygen atoms in total. The van der Waals surface area contributed by atoms with Crippen molar-refractivity contribution in [2.24, 2.45) is 5.73 Å². The number of rotatable bonds is 2. The molecule has 3 N–H and O–H groups in total. The van der Waals surface area contributed by atoms with Crippen LogP contribution >= 0.6 is 12.4 Å². The summed E-state index contributed by atoms with van der Waals surface area (Å²) in [6.07, 6.45) is 0. The maximum atomic E-state index is 11.3. The first-order valence-corrected chi connectivity index (χ1v) is 4.61. The number of carbonyl (C=O) groups excluding carboxylic acids is 1. The molecule has 0 aromatic heterocycles. The molecule has 0 aliphatic carbocycles. The number of methoxy groups -OCH3 is 1. The van der Waals surface area contributed by atoms with Gasteiger partial charge in [0.15, 0.2) is 0 Å². The van der Waals surface area contributed by atoms with Crippen molar-refractivity contribution in [1.29, 1.82) is 0 Å². The van der Waals surface area contributed by atoms with Gasteiger partial charge in [-0.15, -0.1) is 12.4 Å². The van der Waals surface area contributed by atoms with Crippen LogP contribution in [0.4, 0.5) is 0 Å². The van der Waals surface area contributed by atoms with Crippen LogP contribution < -0.4 is 5.73 Å². The molecule has 1 rings (SSSR count). The number of carbonyl (C=O) groups is 1. The molecule has 0 aliphatic rings. The number of phenols is 1. The SMILES string of the molecule is COC(=O)[C@@H](N)c1c(C)cc(O)cc1C.Cl. The summed E-state index contributed by atoms with van der Waals surface area (Å²) in [5.74, 6) is -0.308. The van der Waals surface area contributed by atoms with E-state index in [1.54, 1.807) is 26.0 Å². The third-order valence-electron chi connectivity index (χ3n) is 2.34. The van der Waals surface area contributed by atoms with E-state index in [2.05, 4.69) is 4.74 Å². The lowest BCUT2D eigenvalue weighted by atomic mass is 9.96. The molecule has 0 aliphatic heterocycles. The summed E-state index contributed by atoms with van der Waals surface area (Å²) < 4.78 is 4.58. The Labute approximate surface area is 101 Å². The standard InChI is InChI=1S/C11H15NO3.ClH/c1-6-4-8(13)5-7(2)9(6)10(12)11(14)15-3;/h4-5,10,13H,12H2,1-3H3;1H/t10-;/m0./s1. The maximum absolute atomic E-state index is 11.3. The molecule has 0 bridgehead atoms. The van der Waals surface area contributed by atoms with E-state index in [0.29, 0.717) is 5.56 Å². The number of aryl methyl sites for hydroxylation is 2. The van der Waals surface area contributed by atoms with E-state index >= 15 is 0 Å². The van der Waals surface area contributed by atoms with Crippen molar-refractivity contribution < 1.29 is 14.6 Å². The second kappa shape index (κ2) is 5.72. The van der Waals surface area contributed by atoms with E-state index < -0.39 is 12.0 Å². The van der Waals surface area contributed by atoms with Crippen molar-refractivity contribution in [2.75, 3.05) is 7.11 Å². The van der Waals surface area contributed by atoms with Crippen molar-refractivity contribution in [3.05, 3.63) is 28.8 Å². The fraction of sp³-hybridized carbons (Fsp3) is 0.364. The zero-order chi connectivity index (χ0) is 11.6. The minimum Gasteiger partial charge on any atom is -0.508 e. The lowest BCUT2D eigenvalue weighted by Crippen LogP contribution is -2.24. The van der Waals surface area contributed by atoms with Crippen LogP contribution in [-0.2, 0) is 9.53 Å². The number of aromatic hydroxyl groups is 1. The fourth-order valence-corrected chi connectivity index (χ4v) is 1.69. The highest BCUT2D eigenvalue weighted by molar-refractivity contribution is 5.85. The number of esters is 1. The topological polar surface area (TPSA) is 72.5 Å². The molecule has 1 atom stereocenters. The van der Waals surface area contributed by atoms with Crippen molar-refractivity contribution in [2.45, 2.75) is 19.9 Å². The largest absolute Gasteiger partial charge is 0.508 e. The van der Waals surface area contributed by atoms with Crippen molar-refractivity contribution >= 4 is 18.4 Å². The molecule has 0 saturated heterocycles. The summed E-state index contributed by atoms with van der Waals surface area (Å²) >= 11 is 0. The van der Waals surface area contributed by atoms with Crippen LogP contribution in [0.25, 0.3) is 0 Å². The van der Waals surface area contributed by atoms with Crippen LogP contribution in [0, 0.1) is 13.8 Å². The van der Waals surface area contributed by atoms with Gasteiger partial charge in [0.05, 0.1) is 7.11 Å². The number of ether oxygens (including phenoxy) is 1. The average molecular weight is 246 g/mol. The van der Waals surface area contributed by atoms with Gasteiger partial charge >= 0.3 is 5.97 Å². The molecular formula is C11H16ClNO3. The predicted molar refractivity (Wildman–Crippen MR) is 63.8 cm³/mol. The Kier molecular flexibility index (Phi) is 5.27. The minimum atomic E-state index is -0.796. The Morgan fingerprint density at radius 3 is 2.19 bits per heavy atom. The van der Waals surface area contributed by atoms with Gasteiger partial charge < -0.3 is 15.6 Å². The Morgan fingerprint density at radius 1 is 1.38 bits per heavy atom. The van der Waals surface area contributed by atoms with Gasteiger partial charge in [0.25, 0.3) is 0 Å². The molecule has 0 saturated carbocycles. The summed E-state index contributed by atoms with van der Waals surface area (Å²) in [5, 5.41) is 9.34. The second-order valence-corrected chi connectivity index (χ2v) is 3.49. The van der Waals surface area contributed by atoms with Crippen LogP contribution in [0.2, 0.25) is 0 Å². The van der Waals surface area contributed by atoms with Crippen LogP contribution in [0.1, 0.15) is 22.7 Å². The maximum Gasteiger partial charge on any atom is 0.327 e. The first-order chi connectivity index (χ1) is 6.97. The molecule has 0 amide bonds. The van der Waals surface area contributed by atoms with Gasteiger partial charge in [0, 0.05) is 0 Å². The third kappa shape index (κ3) is 2.87. The highest BCUT2D eigenvalue weighted by atomic mass is 35.5. The molecule has 0 spiro atoms. The molecule has 5 heteroatoms. The van der Waals surface area contributed by atoms with Gasteiger partial charge in [-0.2, -0.15) is 0 Å². The van der Waals surface area contributed by atoms with E-state index in [4.69, 9.17) is 5.73 Å². The third-order valence-corrected chi connectivity index (χ3v) is 2.34. The summed E-state index contributed by atoms with van der Waals surface area (Å²) in [6.45, 7) is 3.59. The Balaban J connectivity index is 0.00000225. The summed E-state index contributed by atoms with van der Waals surface area (Å²) in [7, 11) is 1.30. The lowest BCUT2D eigenvalue weighted by molar-refractivity contribution is -0.142. The van der Waals surface area contributed by atoms with Gasteiger partial charge in [-0.05, 0) is 42.7 Å². The first kappa shape index (κ1) is 14.7. The molecule has 1 aromatic rings. The van der Waals surface area contributed by atoms with Crippen LogP contribution in [0.5, 0.6) is 5.75 Å². The second-order valence-electron chi connectivity index (χ2n) is 3.49. The molecule has 1 aromatic carbocycles. The number of halogens is 1. The highest BCUT2D eigenvalue weighted by Gasteiger charge is 2.20. The number of benzene rings is 1. The molecular weight excluding hydrogens is 230 g/mol. The Morgan fingerprint density at radius 2 is 1.81 bits per heavy atom. The van der Waals surface area contributed by atoms with E-state index in [-0.39, 0.29) is 18.2 Å². The minimum absolute atomic E-state index is 0. The Hall–Kier alpha value is -1.26. The molecule has 0 heterocycles. The van der Waals surface area contributed by atoms with E-state index in [1.807, 2.05) is 0 Å². The number of hydrogen-bond donors (Lipinski definition) is 2. The smallest absolute Gasteiger partial charge is 0.327 e. The molecule has 16 heavy (non-hydrogen) atoms.